The highest BCUT2D eigenvalue weighted by Crippen LogP contribution is 2.43. The normalized spacial score (nSPS) is 29.6. The Morgan fingerprint density at radius 3 is 2.50 bits per heavy atom. The van der Waals surface area contributed by atoms with Crippen molar-refractivity contribution >= 4 is 11.7 Å². The van der Waals surface area contributed by atoms with Crippen molar-refractivity contribution < 1.29 is 9.90 Å². The molecule has 0 radical (unpaired) electrons. The number of aliphatic hydroxyl groups excluding tert-OH is 1. The molecule has 1 amide bonds. The summed E-state index contributed by atoms with van der Waals surface area (Å²) in [5.41, 5.74) is 1.92. The number of hydrogen-bond donors (Lipinski definition) is 1. The molecule has 2 aromatic heterocycles. The van der Waals surface area contributed by atoms with Crippen LogP contribution in [0.5, 0.6) is 0 Å². The zero-order chi connectivity index (χ0) is 20.6. The highest BCUT2D eigenvalue weighted by molar-refractivity contribution is 5.86. The summed E-state index contributed by atoms with van der Waals surface area (Å²) < 4.78 is 0. The molecule has 2 saturated heterocycles. The number of amides is 1. The summed E-state index contributed by atoms with van der Waals surface area (Å²) >= 11 is 0. The van der Waals surface area contributed by atoms with Gasteiger partial charge in [0.05, 0.1) is 11.5 Å². The van der Waals surface area contributed by atoms with Gasteiger partial charge in [0.15, 0.2) is 0 Å². The second-order valence-electron chi connectivity index (χ2n) is 9.16. The fraction of sp³-hybridized carbons (Fsp3) is 0.542. The molecule has 2 aliphatic heterocycles. The topological polar surface area (TPSA) is 69.6 Å². The number of pyridine rings is 2. The third kappa shape index (κ3) is 3.58. The lowest BCUT2D eigenvalue weighted by atomic mass is 9.78. The van der Waals surface area contributed by atoms with E-state index in [1.807, 2.05) is 18.3 Å². The Labute approximate surface area is 177 Å². The number of anilines is 1. The smallest absolute Gasteiger partial charge is 0.230 e. The van der Waals surface area contributed by atoms with Gasteiger partial charge in [-0.15, -0.1) is 0 Å². The average Bonchev–Trinajstić information content (AvgIpc) is 3.10. The van der Waals surface area contributed by atoms with Crippen molar-refractivity contribution in [2.75, 3.05) is 24.5 Å². The van der Waals surface area contributed by atoms with Gasteiger partial charge in [0.1, 0.15) is 5.82 Å². The molecule has 0 unspecified atom stereocenters. The predicted octanol–water partition coefficient (Wildman–Crippen LogP) is 3.27. The Morgan fingerprint density at radius 2 is 1.77 bits per heavy atom. The number of nitrogens with zero attached hydrogens (tertiary/aromatic N) is 4. The molecule has 0 aromatic carbocycles. The van der Waals surface area contributed by atoms with Crippen LogP contribution in [0.2, 0.25) is 0 Å². The van der Waals surface area contributed by atoms with Crippen LogP contribution in [-0.4, -0.2) is 57.7 Å². The Morgan fingerprint density at radius 1 is 0.967 bits per heavy atom. The molecule has 1 spiro atoms. The lowest BCUT2D eigenvalue weighted by Crippen LogP contribution is -2.50. The van der Waals surface area contributed by atoms with Crippen LogP contribution in [0.4, 0.5) is 5.82 Å². The van der Waals surface area contributed by atoms with Crippen molar-refractivity contribution in [1.29, 1.82) is 0 Å². The Kier molecular flexibility index (Phi) is 5.19. The van der Waals surface area contributed by atoms with E-state index in [0.29, 0.717) is 11.9 Å². The number of aliphatic hydroxyl groups is 1. The van der Waals surface area contributed by atoms with E-state index in [4.69, 9.17) is 4.98 Å². The molecule has 6 nitrogen and oxygen atoms in total. The van der Waals surface area contributed by atoms with E-state index in [-0.39, 0.29) is 11.5 Å². The van der Waals surface area contributed by atoms with Crippen LogP contribution < -0.4 is 4.90 Å². The fourth-order valence-corrected chi connectivity index (χ4v) is 5.56. The van der Waals surface area contributed by atoms with Gasteiger partial charge in [0.2, 0.25) is 5.91 Å². The molecule has 0 bridgehead atoms. The number of carbonyl (C=O) groups is 1. The lowest BCUT2D eigenvalue weighted by Gasteiger charge is -2.41. The van der Waals surface area contributed by atoms with Crippen molar-refractivity contribution in [2.45, 2.75) is 57.1 Å². The van der Waals surface area contributed by atoms with E-state index in [1.54, 1.807) is 12.4 Å². The third-order valence-corrected chi connectivity index (χ3v) is 7.32. The van der Waals surface area contributed by atoms with Crippen LogP contribution in [-0.2, 0) is 4.79 Å². The molecule has 1 aliphatic carbocycles. The zero-order valence-corrected chi connectivity index (χ0v) is 17.4. The molecular formula is C24H30N4O2. The molecule has 3 aliphatic rings. The molecule has 4 heterocycles. The van der Waals surface area contributed by atoms with Gasteiger partial charge in [-0.1, -0.05) is 0 Å². The second-order valence-corrected chi connectivity index (χ2v) is 9.16. The SMILES string of the molecule is O=C1N(C2CCC(O)CC2)CC[C@]12CCCN(c1ccc(-c3ccncc3)cn1)C2. The van der Waals surface area contributed by atoms with Gasteiger partial charge in [0, 0.05) is 49.8 Å². The number of rotatable bonds is 3. The molecule has 6 heteroatoms. The standard InChI is InChI=1S/C24H30N4O2/c29-21-5-3-20(4-6-21)28-15-11-24(23(28)30)10-1-14-27(17-24)22-7-2-19(16-26-22)18-8-12-25-13-9-18/h2,7-9,12-13,16,20-21,29H,1,3-6,10-11,14-15,17H2/t20?,21?,24-/m0/s1. The molecule has 1 atom stereocenters. The van der Waals surface area contributed by atoms with Gasteiger partial charge in [-0.25, -0.2) is 4.98 Å². The van der Waals surface area contributed by atoms with Crippen molar-refractivity contribution in [3.05, 3.63) is 42.9 Å². The quantitative estimate of drug-likeness (QED) is 0.847. The minimum atomic E-state index is -0.264. The number of aromatic nitrogens is 2. The van der Waals surface area contributed by atoms with Gasteiger partial charge < -0.3 is 14.9 Å². The zero-order valence-electron chi connectivity index (χ0n) is 17.4. The predicted molar refractivity (Wildman–Crippen MR) is 116 cm³/mol. The molecular weight excluding hydrogens is 376 g/mol. The molecule has 2 aromatic rings. The van der Waals surface area contributed by atoms with Gasteiger partial charge in [-0.05, 0) is 74.8 Å². The highest BCUT2D eigenvalue weighted by Gasteiger charge is 2.50. The average molecular weight is 407 g/mol. The van der Waals surface area contributed by atoms with Crippen LogP contribution in [0.15, 0.2) is 42.9 Å². The van der Waals surface area contributed by atoms with E-state index in [9.17, 15) is 9.90 Å². The molecule has 30 heavy (non-hydrogen) atoms. The van der Waals surface area contributed by atoms with Crippen LogP contribution in [0.25, 0.3) is 11.1 Å². The lowest BCUT2D eigenvalue weighted by molar-refractivity contribution is -0.139. The van der Waals surface area contributed by atoms with Crippen molar-refractivity contribution in [2.24, 2.45) is 5.41 Å². The number of piperidine rings is 1. The first-order valence-corrected chi connectivity index (χ1v) is 11.3. The minimum absolute atomic E-state index is 0.181. The summed E-state index contributed by atoms with van der Waals surface area (Å²) in [6, 6.07) is 8.47. The highest BCUT2D eigenvalue weighted by atomic mass is 16.3. The summed E-state index contributed by atoms with van der Waals surface area (Å²) in [5.74, 6) is 1.29. The first kappa shape index (κ1) is 19.5. The summed E-state index contributed by atoms with van der Waals surface area (Å²) in [7, 11) is 0. The Bertz CT molecular complexity index is 880. The number of hydrogen-bond acceptors (Lipinski definition) is 5. The summed E-state index contributed by atoms with van der Waals surface area (Å²) in [4.78, 5) is 26.7. The first-order chi connectivity index (χ1) is 14.6. The van der Waals surface area contributed by atoms with Crippen LogP contribution in [0, 0.1) is 5.41 Å². The second kappa shape index (κ2) is 7.99. The van der Waals surface area contributed by atoms with E-state index in [1.165, 1.54) is 0 Å². The van der Waals surface area contributed by atoms with E-state index >= 15 is 0 Å². The third-order valence-electron chi connectivity index (χ3n) is 7.32. The van der Waals surface area contributed by atoms with Crippen molar-refractivity contribution in [3.8, 4) is 11.1 Å². The molecule has 3 fully saturated rings. The maximum absolute atomic E-state index is 13.5. The van der Waals surface area contributed by atoms with Crippen LogP contribution in [0.1, 0.15) is 44.9 Å². The van der Waals surface area contributed by atoms with E-state index in [0.717, 1.165) is 81.5 Å². The maximum atomic E-state index is 13.5. The number of carbonyl (C=O) groups excluding carboxylic acids is 1. The van der Waals surface area contributed by atoms with Crippen LogP contribution >= 0.6 is 0 Å². The first-order valence-electron chi connectivity index (χ1n) is 11.3. The monoisotopic (exact) mass is 406 g/mol. The van der Waals surface area contributed by atoms with E-state index < -0.39 is 0 Å². The van der Waals surface area contributed by atoms with Gasteiger partial charge in [-0.2, -0.15) is 0 Å². The Balaban J connectivity index is 1.29. The Hall–Kier alpha value is -2.47. The maximum Gasteiger partial charge on any atom is 0.230 e. The van der Waals surface area contributed by atoms with E-state index in [2.05, 4.69) is 26.9 Å². The van der Waals surface area contributed by atoms with Crippen molar-refractivity contribution in [1.82, 2.24) is 14.9 Å². The molecule has 1 N–H and O–H groups in total. The van der Waals surface area contributed by atoms with Gasteiger partial charge in [0.25, 0.3) is 0 Å². The minimum Gasteiger partial charge on any atom is -0.393 e. The summed E-state index contributed by atoms with van der Waals surface area (Å²) in [5, 5.41) is 9.81. The molecule has 5 rings (SSSR count). The van der Waals surface area contributed by atoms with Gasteiger partial charge in [-0.3, -0.25) is 9.78 Å². The van der Waals surface area contributed by atoms with Crippen molar-refractivity contribution in [3.63, 3.8) is 0 Å². The molecule has 158 valence electrons. The van der Waals surface area contributed by atoms with Crippen LogP contribution in [0.3, 0.4) is 0 Å². The molecule has 1 saturated carbocycles. The fourth-order valence-electron chi connectivity index (χ4n) is 5.56. The number of likely N-dealkylation sites (tertiary alicyclic amines) is 1. The van der Waals surface area contributed by atoms with Gasteiger partial charge >= 0.3 is 0 Å². The summed E-state index contributed by atoms with van der Waals surface area (Å²) in [6.07, 6.45) is 11.8. The summed E-state index contributed by atoms with van der Waals surface area (Å²) in [6.45, 7) is 2.58. The largest absolute Gasteiger partial charge is 0.393 e.